The highest BCUT2D eigenvalue weighted by atomic mass is 16.5. The number of rotatable bonds is 9. The highest BCUT2D eigenvalue weighted by molar-refractivity contribution is 5.76. The summed E-state index contributed by atoms with van der Waals surface area (Å²) in [6, 6.07) is 14.0. The van der Waals surface area contributed by atoms with Gasteiger partial charge in [-0.1, -0.05) is 42.1 Å². The van der Waals surface area contributed by atoms with E-state index in [0.717, 1.165) is 33.4 Å². The summed E-state index contributed by atoms with van der Waals surface area (Å²) < 4.78 is 5.20. The van der Waals surface area contributed by atoms with Crippen LogP contribution in [0.4, 0.5) is 0 Å². The molecule has 144 valence electrons. The molecule has 1 heterocycles. The van der Waals surface area contributed by atoms with E-state index in [4.69, 9.17) is 4.74 Å². The average Bonchev–Trinajstić information content (AvgIpc) is 3.14. The molecule has 0 bridgehead atoms. The lowest BCUT2D eigenvalue weighted by Gasteiger charge is -2.18. The Morgan fingerprint density at radius 3 is 2.89 bits per heavy atom. The van der Waals surface area contributed by atoms with Crippen LogP contribution in [0.15, 0.2) is 59.8 Å². The van der Waals surface area contributed by atoms with Crippen molar-refractivity contribution in [2.75, 3.05) is 6.61 Å². The van der Waals surface area contributed by atoms with Crippen molar-refractivity contribution in [3.63, 3.8) is 0 Å². The van der Waals surface area contributed by atoms with Crippen LogP contribution < -0.4 is 5.43 Å². The Morgan fingerprint density at radius 1 is 1.29 bits per heavy atom. The quantitative estimate of drug-likeness (QED) is 0.339. The largest absolute Gasteiger partial charge is 0.466 e. The van der Waals surface area contributed by atoms with Gasteiger partial charge in [-0.15, -0.1) is 5.10 Å². The molecule has 1 aromatic heterocycles. The number of allylic oxidation sites excluding steroid dienone is 1. The Kier molecular flexibility index (Phi) is 6.16. The Bertz CT molecular complexity index is 995. The minimum absolute atomic E-state index is 0.154. The highest BCUT2D eigenvalue weighted by Crippen LogP contribution is 2.31. The van der Waals surface area contributed by atoms with Crippen molar-refractivity contribution in [2.45, 2.75) is 25.7 Å². The molecule has 2 aromatic carbocycles. The first-order valence-electron chi connectivity index (χ1n) is 9.05. The van der Waals surface area contributed by atoms with Crippen LogP contribution in [0, 0.1) is 0 Å². The van der Waals surface area contributed by atoms with Crippen molar-refractivity contribution in [1.82, 2.24) is 20.8 Å². The van der Waals surface area contributed by atoms with Gasteiger partial charge in [0.2, 0.25) is 0 Å². The first kappa shape index (κ1) is 19.3. The smallest absolute Gasteiger partial charge is 0.306 e. The van der Waals surface area contributed by atoms with Crippen LogP contribution >= 0.6 is 0 Å². The molecule has 1 atom stereocenters. The maximum Gasteiger partial charge on any atom is 0.306 e. The first-order valence-corrected chi connectivity index (χ1v) is 9.05. The van der Waals surface area contributed by atoms with Gasteiger partial charge in [-0.25, -0.2) is 0 Å². The van der Waals surface area contributed by atoms with Crippen LogP contribution in [0.25, 0.3) is 11.0 Å². The van der Waals surface area contributed by atoms with Crippen LogP contribution in [0.2, 0.25) is 0 Å². The zero-order chi connectivity index (χ0) is 19.9. The number of H-pyrrole nitrogens is 1. The molecule has 0 aliphatic heterocycles. The second kappa shape index (κ2) is 8.94. The van der Waals surface area contributed by atoms with Gasteiger partial charge in [-0.3, -0.25) is 15.3 Å². The molecule has 28 heavy (non-hydrogen) atoms. The summed E-state index contributed by atoms with van der Waals surface area (Å²) in [7, 11) is 0. The number of esters is 1. The molecule has 7 nitrogen and oxygen atoms in total. The van der Waals surface area contributed by atoms with E-state index in [2.05, 4.69) is 45.3 Å². The number of carbonyl (C=O) groups excluding carboxylic acids is 1. The SMILES string of the molecule is C=NNC(=C)Cc1cccc(C(CC(=O)OCC)c2ccc3[nH]nnc3c2)c1. The maximum atomic E-state index is 12.3. The summed E-state index contributed by atoms with van der Waals surface area (Å²) in [4.78, 5) is 12.3. The number of hydrogen-bond acceptors (Lipinski definition) is 6. The summed E-state index contributed by atoms with van der Waals surface area (Å²) in [6.07, 6.45) is 0.857. The lowest BCUT2D eigenvalue weighted by atomic mass is 9.87. The van der Waals surface area contributed by atoms with Gasteiger partial charge in [0.05, 0.1) is 18.5 Å². The standard InChI is InChI=1S/C21H23N5O2/c1-4-28-21(27)13-18(17-8-9-19-20(12-17)25-26-24-19)16-7-5-6-15(11-16)10-14(2)23-22-3/h5-9,11-12,18,23H,2-4,10,13H2,1H3,(H,24,25,26). The molecular weight excluding hydrogens is 354 g/mol. The van der Waals surface area contributed by atoms with Crippen molar-refractivity contribution < 1.29 is 9.53 Å². The third-order valence-electron chi connectivity index (χ3n) is 4.44. The predicted octanol–water partition coefficient (Wildman–Crippen LogP) is 3.30. The van der Waals surface area contributed by atoms with Gasteiger partial charge >= 0.3 is 5.97 Å². The van der Waals surface area contributed by atoms with Crippen molar-refractivity contribution in [3.8, 4) is 0 Å². The van der Waals surface area contributed by atoms with Crippen LogP contribution in [-0.2, 0) is 16.0 Å². The van der Waals surface area contributed by atoms with Crippen molar-refractivity contribution in [2.24, 2.45) is 5.10 Å². The zero-order valence-corrected chi connectivity index (χ0v) is 15.8. The fourth-order valence-corrected chi connectivity index (χ4v) is 3.21. The molecule has 2 N–H and O–H groups in total. The molecule has 0 radical (unpaired) electrons. The minimum Gasteiger partial charge on any atom is -0.466 e. The van der Waals surface area contributed by atoms with Crippen molar-refractivity contribution >= 4 is 23.7 Å². The second-order valence-corrected chi connectivity index (χ2v) is 6.45. The number of hydrogen-bond donors (Lipinski definition) is 2. The normalized spacial score (nSPS) is 11.8. The molecule has 0 saturated heterocycles. The maximum absolute atomic E-state index is 12.3. The van der Waals surface area contributed by atoms with E-state index in [-0.39, 0.29) is 18.3 Å². The highest BCUT2D eigenvalue weighted by Gasteiger charge is 2.20. The van der Waals surface area contributed by atoms with Crippen LogP contribution in [0.1, 0.15) is 36.0 Å². The summed E-state index contributed by atoms with van der Waals surface area (Å²) >= 11 is 0. The first-order chi connectivity index (χ1) is 13.6. The lowest BCUT2D eigenvalue weighted by molar-refractivity contribution is -0.143. The Labute approximate surface area is 163 Å². The number of ether oxygens (including phenoxy) is 1. The van der Waals surface area contributed by atoms with Gasteiger partial charge < -0.3 is 4.74 Å². The van der Waals surface area contributed by atoms with Gasteiger partial charge in [-0.05, 0) is 35.7 Å². The summed E-state index contributed by atoms with van der Waals surface area (Å²) in [5, 5.41) is 14.4. The molecule has 0 saturated carbocycles. The number of aromatic nitrogens is 3. The molecule has 0 spiro atoms. The summed E-state index contributed by atoms with van der Waals surface area (Å²) in [5.41, 5.74) is 8.20. The number of nitrogens with one attached hydrogen (secondary N) is 2. The summed E-state index contributed by atoms with van der Waals surface area (Å²) in [6.45, 7) is 9.51. The lowest BCUT2D eigenvalue weighted by Crippen LogP contribution is -2.12. The predicted molar refractivity (Wildman–Crippen MR) is 109 cm³/mol. The van der Waals surface area contributed by atoms with Crippen molar-refractivity contribution in [1.29, 1.82) is 0 Å². The molecule has 3 rings (SSSR count). The van der Waals surface area contributed by atoms with E-state index in [1.54, 1.807) is 6.92 Å². The number of hydrazone groups is 1. The van der Waals surface area contributed by atoms with E-state index >= 15 is 0 Å². The van der Waals surface area contributed by atoms with Gasteiger partial charge in [0.1, 0.15) is 5.52 Å². The van der Waals surface area contributed by atoms with E-state index in [1.165, 1.54) is 0 Å². The fourth-order valence-electron chi connectivity index (χ4n) is 3.21. The number of nitrogens with zero attached hydrogens (tertiary/aromatic N) is 3. The van der Waals surface area contributed by atoms with E-state index in [9.17, 15) is 4.79 Å². The monoisotopic (exact) mass is 377 g/mol. The molecule has 0 amide bonds. The van der Waals surface area contributed by atoms with E-state index < -0.39 is 0 Å². The fraction of sp³-hybridized carbons (Fsp3) is 0.238. The van der Waals surface area contributed by atoms with Gasteiger partial charge in [0.15, 0.2) is 0 Å². The minimum atomic E-state index is -0.236. The molecule has 0 aliphatic rings. The Balaban J connectivity index is 1.95. The number of fused-ring (bicyclic) bond motifs is 1. The third kappa shape index (κ3) is 4.62. The third-order valence-corrected chi connectivity index (χ3v) is 4.44. The average molecular weight is 377 g/mol. The second-order valence-electron chi connectivity index (χ2n) is 6.45. The Morgan fingerprint density at radius 2 is 2.11 bits per heavy atom. The van der Waals surface area contributed by atoms with Crippen LogP contribution in [0.5, 0.6) is 0 Å². The number of benzene rings is 2. The summed E-state index contributed by atoms with van der Waals surface area (Å²) in [5.74, 6) is -0.390. The molecule has 0 aliphatic carbocycles. The molecule has 0 fully saturated rings. The van der Waals surface area contributed by atoms with Crippen LogP contribution in [0.3, 0.4) is 0 Å². The van der Waals surface area contributed by atoms with Gasteiger partial charge in [0, 0.05) is 24.8 Å². The molecule has 1 unspecified atom stereocenters. The Hall–Kier alpha value is -3.48. The molecular formula is C21H23N5O2. The zero-order valence-electron chi connectivity index (χ0n) is 15.8. The molecule has 3 aromatic rings. The van der Waals surface area contributed by atoms with Crippen LogP contribution in [-0.4, -0.2) is 34.7 Å². The molecule has 7 heteroatoms. The topological polar surface area (TPSA) is 92.3 Å². The van der Waals surface area contributed by atoms with Crippen molar-refractivity contribution in [3.05, 3.63) is 71.4 Å². The van der Waals surface area contributed by atoms with E-state index in [0.29, 0.717) is 13.0 Å². The van der Waals surface area contributed by atoms with Gasteiger partial charge in [-0.2, -0.15) is 5.10 Å². The van der Waals surface area contributed by atoms with E-state index in [1.807, 2.05) is 36.4 Å². The number of carbonyl (C=O) groups is 1. The van der Waals surface area contributed by atoms with Gasteiger partial charge in [0.25, 0.3) is 0 Å². The number of aromatic amines is 1.